The maximum Gasteiger partial charge on any atom is 0.305 e. The summed E-state index contributed by atoms with van der Waals surface area (Å²) in [5.74, 6) is -0.0329. The van der Waals surface area contributed by atoms with Crippen molar-refractivity contribution < 1.29 is 28.9 Å². The Morgan fingerprint density at radius 2 is 0.894 bits per heavy atom. The SMILES string of the molecule is CCCCCCCCCCCCC(O)CCCOC(=O)CCCCC(COC(=N)CCCCCCC)COC(=O)CCCCCCC. The first kappa shape index (κ1) is 45.4. The van der Waals surface area contributed by atoms with Crippen LogP contribution in [-0.4, -0.2) is 48.9 Å². The molecule has 0 saturated carbocycles. The highest BCUT2D eigenvalue weighted by molar-refractivity contribution is 5.72. The molecule has 7 nitrogen and oxygen atoms in total. The molecule has 278 valence electrons. The fraction of sp³-hybridized carbons (Fsp3) is 0.925. The molecule has 0 aromatic heterocycles. The number of esters is 2. The topological polar surface area (TPSA) is 106 Å². The predicted molar refractivity (Wildman–Crippen MR) is 196 cm³/mol. The molecule has 0 rings (SSSR count). The van der Waals surface area contributed by atoms with Gasteiger partial charge in [-0.25, -0.2) is 0 Å². The number of hydrogen-bond donors (Lipinski definition) is 2. The predicted octanol–water partition coefficient (Wildman–Crippen LogP) is 11.4. The third-order valence-electron chi connectivity index (χ3n) is 9.04. The average Bonchev–Trinajstić information content (AvgIpc) is 3.06. The number of aliphatic hydroxyl groups is 1. The van der Waals surface area contributed by atoms with E-state index in [1.54, 1.807) is 0 Å². The summed E-state index contributed by atoms with van der Waals surface area (Å²) in [7, 11) is 0. The Labute approximate surface area is 290 Å². The van der Waals surface area contributed by atoms with Crippen LogP contribution < -0.4 is 0 Å². The molecular formula is C40H77NO6. The van der Waals surface area contributed by atoms with Crippen molar-refractivity contribution in [2.75, 3.05) is 19.8 Å². The Hall–Kier alpha value is -1.63. The standard InChI is InChI=1S/C40H77NO6/c1-4-7-10-13-14-15-16-17-20-21-28-37(42)29-26-33-45-39(43)32-25-24-27-36(34-46-38(41)30-22-18-11-8-5-2)35-47-40(44)31-23-19-12-9-6-3/h36-37,41-42H,4-35H2,1-3H3. The van der Waals surface area contributed by atoms with Gasteiger partial charge < -0.3 is 19.3 Å². The van der Waals surface area contributed by atoms with Crippen molar-refractivity contribution in [3.63, 3.8) is 0 Å². The van der Waals surface area contributed by atoms with Gasteiger partial charge in [-0.3, -0.25) is 15.0 Å². The normalized spacial score (nSPS) is 12.5. The molecule has 0 saturated heterocycles. The summed E-state index contributed by atoms with van der Waals surface area (Å²) in [5.41, 5.74) is 0. The molecule has 0 aliphatic rings. The summed E-state index contributed by atoms with van der Waals surface area (Å²) < 4.78 is 16.8. The Balaban J connectivity index is 4.13. The molecule has 0 aromatic carbocycles. The summed E-state index contributed by atoms with van der Waals surface area (Å²) in [6, 6.07) is 0. The second kappa shape index (κ2) is 35.7. The largest absolute Gasteiger partial charge is 0.481 e. The quantitative estimate of drug-likeness (QED) is 0.0298. The van der Waals surface area contributed by atoms with Crippen LogP contribution in [0.4, 0.5) is 0 Å². The van der Waals surface area contributed by atoms with Gasteiger partial charge in [0.15, 0.2) is 5.90 Å². The van der Waals surface area contributed by atoms with Crippen molar-refractivity contribution in [3.8, 4) is 0 Å². The van der Waals surface area contributed by atoms with E-state index in [2.05, 4.69) is 20.8 Å². The number of unbranched alkanes of at least 4 members (excludes halogenated alkanes) is 18. The molecule has 0 heterocycles. The Morgan fingerprint density at radius 3 is 1.47 bits per heavy atom. The van der Waals surface area contributed by atoms with Gasteiger partial charge in [-0.15, -0.1) is 0 Å². The zero-order chi connectivity index (χ0) is 34.6. The lowest BCUT2D eigenvalue weighted by molar-refractivity contribution is -0.145. The molecule has 2 atom stereocenters. The first-order valence-electron chi connectivity index (χ1n) is 20.1. The van der Waals surface area contributed by atoms with Crippen LogP contribution in [0.2, 0.25) is 0 Å². The van der Waals surface area contributed by atoms with Gasteiger partial charge in [0.05, 0.1) is 25.9 Å². The smallest absolute Gasteiger partial charge is 0.305 e. The van der Waals surface area contributed by atoms with Gasteiger partial charge in [-0.2, -0.15) is 0 Å². The fourth-order valence-corrected chi connectivity index (χ4v) is 5.84. The highest BCUT2D eigenvalue weighted by Crippen LogP contribution is 2.16. The lowest BCUT2D eigenvalue weighted by Crippen LogP contribution is -2.21. The van der Waals surface area contributed by atoms with Crippen molar-refractivity contribution in [1.82, 2.24) is 0 Å². The number of rotatable bonds is 36. The van der Waals surface area contributed by atoms with Gasteiger partial charge >= 0.3 is 11.9 Å². The molecule has 0 aliphatic heterocycles. The number of carbonyl (C=O) groups is 2. The molecule has 47 heavy (non-hydrogen) atoms. The second-order valence-corrected chi connectivity index (χ2v) is 13.8. The van der Waals surface area contributed by atoms with E-state index in [0.717, 1.165) is 57.8 Å². The highest BCUT2D eigenvalue weighted by Gasteiger charge is 2.15. The number of ether oxygens (including phenoxy) is 3. The van der Waals surface area contributed by atoms with E-state index in [1.807, 2.05) is 0 Å². The van der Waals surface area contributed by atoms with Gasteiger partial charge in [-0.1, -0.05) is 143 Å². The Morgan fingerprint density at radius 1 is 0.489 bits per heavy atom. The van der Waals surface area contributed by atoms with Crippen LogP contribution in [0.25, 0.3) is 0 Å². The van der Waals surface area contributed by atoms with Crippen molar-refractivity contribution in [3.05, 3.63) is 0 Å². The molecule has 0 bridgehead atoms. The third kappa shape index (κ3) is 34.0. The maximum absolute atomic E-state index is 12.3. The van der Waals surface area contributed by atoms with Crippen LogP contribution in [0, 0.1) is 11.3 Å². The molecule has 0 fully saturated rings. The molecule has 0 aromatic rings. The zero-order valence-corrected chi connectivity index (χ0v) is 31.3. The van der Waals surface area contributed by atoms with E-state index >= 15 is 0 Å². The first-order chi connectivity index (χ1) is 22.9. The summed E-state index contributed by atoms with van der Waals surface area (Å²) in [5, 5.41) is 18.5. The van der Waals surface area contributed by atoms with Crippen LogP contribution in [0.1, 0.15) is 207 Å². The summed E-state index contributed by atoms with van der Waals surface area (Å²) in [6.07, 6.45) is 29.8. The minimum Gasteiger partial charge on any atom is -0.481 e. The van der Waals surface area contributed by atoms with Crippen molar-refractivity contribution >= 4 is 17.8 Å². The second-order valence-electron chi connectivity index (χ2n) is 13.8. The van der Waals surface area contributed by atoms with Crippen LogP contribution in [-0.2, 0) is 23.8 Å². The van der Waals surface area contributed by atoms with Crippen LogP contribution in [0.3, 0.4) is 0 Å². The van der Waals surface area contributed by atoms with E-state index in [9.17, 15) is 14.7 Å². The molecule has 2 unspecified atom stereocenters. The van der Waals surface area contributed by atoms with E-state index in [1.165, 1.54) is 89.9 Å². The van der Waals surface area contributed by atoms with Crippen molar-refractivity contribution in [1.29, 1.82) is 5.41 Å². The number of aliphatic hydroxyl groups excluding tert-OH is 1. The van der Waals surface area contributed by atoms with Gasteiger partial charge in [-0.05, 0) is 44.9 Å². The Kier molecular flexibility index (Phi) is 34.4. The summed E-state index contributed by atoms with van der Waals surface area (Å²) >= 11 is 0. The van der Waals surface area contributed by atoms with Crippen LogP contribution in [0.15, 0.2) is 0 Å². The number of hydrogen-bond acceptors (Lipinski definition) is 7. The maximum atomic E-state index is 12.3. The minimum atomic E-state index is -0.306. The van der Waals surface area contributed by atoms with Gasteiger partial charge in [0.25, 0.3) is 0 Å². The van der Waals surface area contributed by atoms with Gasteiger partial charge in [0, 0.05) is 25.2 Å². The third-order valence-corrected chi connectivity index (χ3v) is 9.04. The molecule has 0 amide bonds. The lowest BCUT2D eigenvalue weighted by Gasteiger charge is -2.18. The average molecular weight is 668 g/mol. The summed E-state index contributed by atoms with van der Waals surface area (Å²) in [4.78, 5) is 24.5. The van der Waals surface area contributed by atoms with E-state index in [-0.39, 0.29) is 24.0 Å². The molecule has 0 aliphatic carbocycles. The summed E-state index contributed by atoms with van der Waals surface area (Å²) in [6.45, 7) is 7.65. The molecule has 0 spiro atoms. The van der Waals surface area contributed by atoms with Crippen LogP contribution >= 0.6 is 0 Å². The Bertz CT molecular complexity index is 685. The number of carbonyl (C=O) groups excluding carboxylic acids is 2. The van der Waals surface area contributed by atoms with Gasteiger partial charge in [0.2, 0.25) is 0 Å². The first-order valence-corrected chi connectivity index (χ1v) is 20.1. The van der Waals surface area contributed by atoms with Crippen LogP contribution in [0.5, 0.6) is 0 Å². The fourth-order valence-electron chi connectivity index (χ4n) is 5.84. The van der Waals surface area contributed by atoms with E-state index in [0.29, 0.717) is 64.2 Å². The number of nitrogens with one attached hydrogen (secondary N) is 1. The van der Waals surface area contributed by atoms with E-state index < -0.39 is 0 Å². The van der Waals surface area contributed by atoms with E-state index in [4.69, 9.17) is 19.6 Å². The molecule has 0 radical (unpaired) electrons. The molecule has 2 N–H and O–H groups in total. The van der Waals surface area contributed by atoms with Crippen molar-refractivity contribution in [2.24, 2.45) is 5.92 Å². The van der Waals surface area contributed by atoms with Gasteiger partial charge in [0.1, 0.15) is 0 Å². The van der Waals surface area contributed by atoms with Crippen molar-refractivity contribution in [2.45, 2.75) is 213 Å². The lowest BCUT2D eigenvalue weighted by atomic mass is 10.0. The highest BCUT2D eigenvalue weighted by atomic mass is 16.5. The zero-order valence-electron chi connectivity index (χ0n) is 31.3. The monoisotopic (exact) mass is 668 g/mol. The minimum absolute atomic E-state index is 0.00698. The molecule has 7 heteroatoms. The molecular weight excluding hydrogens is 590 g/mol.